The largest absolute Gasteiger partial charge is 0.370 e. The van der Waals surface area contributed by atoms with Crippen molar-refractivity contribution in [1.82, 2.24) is 5.32 Å². The maximum atomic E-state index is 5.66. The first kappa shape index (κ1) is 15.2. The molecule has 0 aliphatic carbocycles. The number of guanidine groups is 1. The lowest BCUT2D eigenvalue weighted by atomic mass is 10.4. The highest BCUT2D eigenvalue weighted by atomic mass is 127. The fourth-order valence-electron chi connectivity index (χ4n) is 0.941. The van der Waals surface area contributed by atoms with E-state index in [4.69, 9.17) is 5.73 Å². The predicted octanol–water partition coefficient (Wildman–Crippen LogP) is 2.94. The molecule has 0 aliphatic heterocycles. The van der Waals surface area contributed by atoms with E-state index < -0.39 is 0 Å². The van der Waals surface area contributed by atoms with Crippen LogP contribution in [0.2, 0.25) is 0 Å². The molecule has 3 N–H and O–H groups in total. The van der Waals surface area contributed by atoms with Crippen LogP contribution in [0.4, 0.5) is 0 Å². The summed E-state index contributed by atoms with van der Waals surface area (Å²) in [6.45, 7) is 4.70. The summed E-state index contributed by atoms with van der Waals surface area (Å²) in [5.74, 6) is 0.504. The number of hydrogen-bond donors (Lipinski definition) is 2. The van der Waals surface area contributed by atoms with Crippen LogP contribution in [0, 0.1) is 0 Å². The van der Waals surface area contributed by atoms with Crippen LogP contribution < -0.4 is 11.1 Å². The summed E-state index contributed by atoms with van der Waals surface area (Å²) in [6.07, 6.45) is 0. The third-order valence-corrected chi connectivity index (χ3v) is 3.15. The molecule has 6 heteroatoms. The second-order valence-electron chi connectivity index (χ2n) is 3.23. The molecule has 3 nitrogen and oxygen atoms in total. The molecule has 0 spiro atoms. The molecule has 0 aliphatic rings. The molecule has 0 aromatic carbocycles. The molecule has 1 aromatic heterocycles. The van der Waals surface area contributed by atoms with Crippen LogP contribution in [-0.4, -0.2) is 12.0 Å². The lowest BCUT2D eigenvalue weighted by Crippen LogP contribution is -2.36. The Morgan fingerprint density at radius 2 is 2.33 bits per heavy atom. The fraction of sp³-hybridized carbons (Fsp3) is 0.444. The SMILES string of the molecule is CC(C)NC(N)=NCc1cc(Br)cs1.I. The van der Waals surface area contributed by atoms with E-state index in [2.05, 4.69) is 32.3 Å². The molecule has 15 heavy (non-hydrogen) atoms. The Kier molecular flexibility index (Phi) is 7.54. The lowest BCUT2D eigenvalue weighted by Gasteiger charge is -2.07. The molecular formula is C9H15BrIN3S. The minimum atomic E-state index is 0. The van der Waals surface area contributed by atoms with E-state index in [1.54, 1.807) is 11.3 Å². The Bertz CT molecular complexity index is 325. The lowest BCUT2D eigenvalue weighted by molar-refractivity contribution is 0.724. The van der Waals surface area contributed by atoms with Crippen LogP contribution in [0.5, 0.6) is 0 Å². The summed E-state index contributed by atoms with van der Waals surface area (Å²) < 4.78 is 1.10. The Balaban J connectivity index is 0.00000196. The quantitative estimate of drug-likeness (QED) is 0.463. The first-order chi connectivity index (χ1) is 6.58. The van der Waals surface area contributed by atoms with Crippen molar-refractivity contribution in [3.8, 4) is 0 Å². The number of thiophene rings is 1. The Hall–Kier alpha value is 0.180. The summed E-state index contributed by atoms with van der Waals surface area (Å²) >= 11 is 5.07. The molecular weight excluding hydrogens is 389 g/mol. The molecule has 0 radical (unpaired) electrons. The van der Waals surface area contributed by atoms with Crippen molar-refractivity contribution in [3.63, 3.8) is 0 Å². The zero-order valence-electron chi connectivity index (χ0n) is 8.66. The van der Waals surface area contributed by atoms with E-state index in [-0.39, 0.29) is 24.0 Å². The van der Waals surface area contributed by atoms with Crippen molar-refractivity contribution in [2.24, 2.45) is 10.7 Å². The van der Waals surface area contributed by atoms with Crippen molar-refractivity contribution < 1.29 is 0 Å². The van der Waals surface area contributed by atoms with Crippen molar-refractivity contribution in [3.05, 3.63) is 20.8 Å². The molecule has 1 rings (SSSR count). The van der Waals surface area contributed by atoms with Gasteiger partial charge in [0.1, 0.15) is 0 Å². The smallest absolute Gasteiger partial charge is 0.189 e. The first-order valence-corrected chi connectivity index (χ1v) is 6.04. The monoisotopic (exact) mass is 403 g/mol. The number of halogens is 2. The van der Waals surface area contributed by atoms with Crippen LogP contribution in [0.15, 0.2) is 20.9 Å². The molecule has 0 amide bonds. The Morgan fingerprint density at radius 3 is 2.80 bits per heavy atom. The third kappa shape index (κ3) is 6.36. The van der Waals surface area contributed by atoms with Gasteiger partial charge >= 0.3 is 0 Å². The second kappa shape index (κ2) is 7.45. The normalized spacial score (nSPS) is 11.3. The number of aliphatic imine (C=N–C) groups is 1. The fourth-order valence-corrected chi connectivity index (χ4v) is 2.32. The minimum absolute atomic E-state index is 0. The molecule has 1 aromatic rings. The summed E-state index contributed by atoms with van der Waals surface area (Å²) in [4.78, 5) is 5.42. The molecule has 0 fully saturated rings. The van der Waals surface area contributed by atoms with Gasteiger partial charge in [-0.05, 0) is 35.8 Å². The van der Waals surface area contributed by atoms with Crippen LogP contribution >= 0.6 is 51.2 Å². The average molecular weight is 404 g/mol. The topological polar surface area (TPSA) is 50.4 Å². The van der Waals surface area contributed by atoms with Crippen molar-refractivity contribution in [2.45, 2.75) is 26.4 Å². The van der Waals surface area contributed by atoms with Gasteiger partial charge in [-0.2, -0.15) is 0 Å². The first-order valence-electron chi connectivity index (χ1n) is 4.37. The molecule has 0 unspecified atom stereocenters. The maximum Gasteiger partial charge on any atom is 0.189 e. The standard InChI is InChI=1S/C9H14BrN3S.HI/c1-6(2)13-9(11)12-4-8-3-7(10)5-14-8;/h3,5-6H,4H2,1-2H3,(H3,11,12,13);1H. The van der Waals surface area contributed by atoms with Gasteiger partial charge in [0.25, 0.3) is 0 Å². The van der Waals surface area contributed by atoms with Crippen LogP contribution in [0.3, 0.4) is 0 Å². The van der Waals surface area contributed by atoms with Gasteiger partial charge in [-0.1, -0.05) is 0 Å². The van der Waals surface area contributed by atoms with Gasteiger partial charge < -0.3 is 11.1 Å². The molecule has 0 saturated carbocycles. The minimum Gasteiger partial charge on any atom is -0.370 e. The van der Waals surface area contributed by atoms with Crippen molar-refractivity contribution >= 4 is 57.2 Å². The van der Waals surface area contributed by atoms with Gasteiger partial charge in [-0.15, -0.1) is 35.3 Å². The molecule has 86 valence electrons. The summed E-state index contributed by atoms with van der Waals surface area (Å²) in [6, 6.07) is 2.38. The van der Waals surface area contributed by atoms with Crippen LogP contribution in [0.1, 0.15) is 18.7 Å². The predicted molar refractivity (Wildman–Crippen MR) is 81.0 cm³/mol. The van der Waals surface area contributed by atoms with Gasteiger partial charge in [0.05, 0.1) is 6.54 Å². The van der Waals surface area contributed by atoms with Gasteiger partial charge in [0.2, 0.25) is 0 Å². The number of hydrogen-bond acceptors (Lipinski definition) is 2. The summed E-state index contributed by atoms with van der Waals surface area (Å²) in [7, 11) is 0. The van der Waals surface area contributed by atoms with Crippen LogP contribution in [0.25, 0.3) is 0 Å². The second-order valence-corrected chi connectivity index (χ2v) is 5.14. The summed E-state index contributed by atoms with van der Waals surface area (Å²) in [5.41, 5.74) is 5.66. The van der Waals surface area contributed by atoms with Gasteiger partial charge in [-0.3, -0.25) is 0 Å². The number of nitrogens with two attached hydrogens (primary N) is 1. The Labute approximate surface area is 120 Å². The van der Waals surface area contributed by atoms with E-state index in [1.165, 1.54) is 4.88 Å². The molecule has 0 saturated heterocycles. The molecule has 1 heterocycles. The highest BCUT2D eigenvalue weighted by Gasteiger charge is 1.98. The number of nitrogens with one attached hydrogen (secondary N) is 1. The van der Waals surface area contributed by atoms with E-state index in [1.807, 2.05) is 19.2 Å². The Morgan fingerprint density at radius 1 is 1.67 bits per heavy atom. The van der Waals surface area contributed by atoms with Crippen molar-refractivity contribution in [1.29, 1.82) is 0 Å². The highest BCUT2D eigenvalue weighted by molar-refractivity contribution is 14.0. The molecule has 0 bridgehead atoms. The van der Waals surface area contributed by atoms with E-state index in [0.29, 0.717) is 18.5 Å². The van der Waals surface area contributed by atoms with E-state index in [9.17, 15) is 0 Å². The zero-order chi connectivity index (χ0) is 10.6. The maximum absolute atomic E-state index is 5.66. The van der Waals surface area contributed by atoms with Crippen LogP contribution in [-0.2, 0) is 6.54 Å². The van der Waals surface area contributed by atoms with Gasteiger partial charge in [0, 0.05) is 20.8 Å². The number of rotatable bonds is 3. The van der Waals surface area contributed by atoms with Crippen molar-refractivity contribution in [2.75, 3.05) is 0 Å². The third-order valence-electron chi connectivity index (χ3n) is 1.46. The zero-order valence-corrected chi connectivity index (χ0v) is 13.4. The number of nitrogens with zero attached hydrogens (tertiary/aromatic N) is 1. The van der Waals surface area contributed by atoms with E-state index in [0.717, 1.165) is 4.47 Å². The van der Waals surface area contributed by atoms with Gasteiger partial charge in [-0.25, -0.2) is 4.99 Å². The van der Waals surface area contributed by atoms with Gasteiger partial charge in [0.15, 0.2) is 5.96 Å². The average Bonchev–Trinajstić information content (AvgIpc) is 2.47. The summed E-state index contributed by atoms with van der Waals surface area (Å²) in [5, 5.41) is 5.08. The molecule has 0 atom stereocenters. The van der Waals surface area contributed by atoms with E-state index >= 15 is 0 Å². The highest BCUT2D eigenvalue weighted by Crippen LogP contribution is 2.20.